The summed E-state index contributed by atoms with van der Waals surface area (Å²) in [7, 11) is 0. The smallest absolute Gasteiger partial charge is 0.230 e. The van der Waals surface area contributed by atoms with Crippen LogP contribution < -0.4 is 5.32 Å². The first-order valence-electron chi connectivity index (χ1n) is 8.65. The Kier molecular flexibility index (Phi) is 4.53. The zero-order valence-corrected chi connectivity index (χ0v) is 13.5. The first-order chi connectivity index (χ1) is 10.7. The number of aliphatic hydroxyl groups is 1. The molecule has 22 heavy (non-hydrogen) atoms. The minimum absolute atomic E-state index is 0.152. The zero-order chi connectivity index (χ0) is 15.6. The minimum atomic E-state index is -0.353. The number of carbonyl (C=O) groups is 1. The van der Waals surface area contributed by atoms with Gasteiger partial charge < -0.3 is 10.4 Å². The summed E-state index contributed by atoms with van der Waals surface area (Å²) in [5.74, 6) is 0.757. The Labute approximate surface area is 133 Å². The van der Waals surface area contributed by atoms with Gasteiger partial charge in [-0.1, -0.05) is 42.7 Å². The number of carbonyl (C=O) groups excluding carboxylic acids is 1. The largest absolute Gasteiger partial charge is 0.396 e. The van der Waals surface area contributed by atoms with Gasteiger partial charge in [-0.15, -0.1) is 0 Å². The third kappa shape index (κ3) is 3.05. The molecule has 0 aromatic heterocycles. The predicted octanol–water partition coefficient (Wildman–Crippen LogP) is 3.08. The third-order valence-electron chi connectivity index (χ3n) is 5.41. The Balaban J connectivity index is 1.82. The number of amides is 1. The highest BCUT2D eigenvalue weighted by Gasteiger charge is 2.44. The molecular formula is C19H27NO2. The fourth-order valence-corrected chi connectivity index (χ4v) is 3.94. The Hall–Kier alpha value is -1.35. The van der Waals surface area contributed by atoms with Gasteiger partial charge in [0.2, 0.25) is 5.91 Å². The maximum absolute atomic E-state index is 13.1. The first-order valence-corrected chi connectivity index (χ1v) is 8.65. The Morgan fingerprint density at radius 1 is 1.36 bits per heavy atom. The molecular weight excluding hydrogens is 274 g/mol. The number of hydrogen-bond donors (Lipinski definition) is 2. The normalized spacial score (nSPS) is 21.5. The highest BCUT2D eigenvalue weighted by Crippen LogP contribution is 2.42. The molecule has 3 rings (SSSR count). The van der Waals surface area contributed by atoms with Crippen molar-refractivity contribution in [2.75, 3.05) is 6.61 Å². The number of aryl methyl sites for hydroxylation is 1. The Morgan fingerprint density at radius 2 is 2.09 bits per heavy atom. The van der Waals surface area contributed by atoms with Crippen molar-refractivity contribution < 1.29 is 9.90 Å². The number of hydrogen-bond acceptors (Lipinski definition) is 2. The summed E-state index contributed by atoms with van der Waals surface area (Å²) >= 11 is 0. The standard InChI is InChI=1S/C19H27NO2/c1-14-5-4-6-16(13-14)19(10-2-3-11-19)18(22)20-17(9-12-21)15-7-8-15/h4-6,13,15,17,21H,2-3,7-12H2,1H3,(H,20,22). The molecule has 3 nitrogen and oxygen atoms in total. The molecule has 1 unspecified atom stereocenters. The summed E-state index contributed by atoms with van der Waals surface area (Å²) in [5.41, 5.74) is 2.03. The van der Waals surface area contributed by atoms with E-state index < -0.39 is 0 Å². The van der Waals surface area contributed by atoms with Crippen molar-refractivity contribution in [3.63, 3.8) is 0 Å². The van der Waals surface area contributed by atoms with Gasteiger partial charge in [0.1, 0.15) is 0 Å². The van der Waals surface area contributed by atoms with Crippen LogP contribution in [0, 0.1) is 12.8 Å². The number of rotatable bonds is 6. The molecule has 0 saturated heterocycles. The van der Waals surface area contributed by atoms with Crippen LogP contribution in [-0.4, -0.2) is 23.7 Å². The second-order valence-corrected chi connectivity index (χ2v) is 7.09. The van der Waals surface area contributed by atoms with Gasteiger partial charge in [0, 0.05) is 12.6 Å². The van der Waals surface area contributed by atoms with Crippen molar-refractivity contribution in [2.45, 2.75) is 63.3 Å². The van der Waals surface area contributed by atoms with Crippen molar-refractivity contribution in [1.29, 1.82) is 0 Å². The Bertz CT molecular complexity index is 530. The fraction of sp³-hybridized carbons (Fsp3) is 0.632. The molecule has 0 bridgehead atoms. The first kappa shape index (κ1) is 15.5. The lowest BCUT2D eigenvalue weighted by atomic mass is 9.77. The molecule has 120 valence electrons. The summed E-state index contributed by atoms with van der Waals surface area (Å²) in [6.07, 6.45) is 7.17. The van der Waals surface area contributed by atoms with Crippen LogP contribution in [0.2, 0.25) is 0 Å². The van der Waals surface area contributed by atoms with E-state index in [1.54, 1.807) is 0 Å². The van der Waals surface area contributed by atoms with Crippen molar-refractivity contribution in [3.8, 4) is 0 Å². The van der Waals surface area contributed by atoms with Crippen molar-refractivity contribution in [3.05, 3.63) is 35.4 Å². The quantitative estimate of drug-likeness (QED) is 0.848. The monoisotopic (exact) mass is 301 g/mol. The van der Waals surface area contributed by atoms with E-state index in [0.717, 1.165) is 25.7 Å². The van der Waals surface area contributed by atoms with Crippen LogP contribution in [0.3, 0.4) is 0 Å². The van der Waals surface area contributed by atoms with Crippen LogP contribution >= 0.6 is 0 Å². The molecule has 1 atom stereocenters. The highest BCUT2D eigenvalue weighted by molar-refractivity contribution is 5.89. The van der Waals surface area contributed by atoms with Gasteiger partial charge in [0.05, 0.1) is 5.41 Å². The van der Waals surface area contributed by atoms with Gasteiger partial charge in [-0.3, -0.25) is 4.79 Å². The average molecular weight is 301 g/mol. The van der Waals surface area contributed by atoms with E-state index in [-0.39, 0.29) is 24.0 Å². The molecule has 2 saturated carbocycles. The minimum Gasteiger partial charge on any atom is -0.396 e. The van der Waals surface area contributed by atoms with E-state index >= 15 is 0 Å². The lowest BCUT2D eigenvalue weighted by Gasteiger charge is -2.31. The molecule has 0 heterocycles. The summed E-state index contributed by atoms with van der Waals surface area (Å²) < 4.78 is 0. The van der Waals surface area contributed by atoms with Gasteiger partial charge in [-0.05, 0) is 50.5 Å². The van der Waals surface area contributed by atoms with Crippen LogP contribution in [0.4, 0.5) is 0 Å². The summed E-state index contributed by atoms with van der Waals surface area (Å²) in [6.45, 7) is 2.24. The van der Waals surface area contributed by atoms with Gasteiger partial charge in [0.15, 0.2) is 0 Å². The molecule has 0 aliphatic heterocycles. The van der Waals surface area contributed by atoms with Gasteiger partial charge in [-0.2, -0.15) is 0 Å². The van der Waals surface area contributed by atoms with Crippen LogP contribution in [0.25, 0.3) is 0 Å². The summed E-state index contributed by atoms with van der Waals surface area (Å²) in [5, 5.41) is 12.5. The zero-order valence-electron chi connectivity index (χ0n) is 13.5. The lowest BCUT2D eigenvalue weighted by molar-refractivity contribution is -0.127. The molecule has 2 N–H and O–H groups in total. The molecule has 2 aliphatic carbocycles. The SMILES string of the molecule is Cc1cccc(C2(C(=O)NC(CCO)C3CC3)CCCC2)c1. The van der Waals surface area contributed by atoms with E-state index in [4.69, 9.17) is 0 Å². The van der Waals surface area contributed by atoms with Gasteiger partial charge in [-0.25, -0.2) is 0 Å². The van der Waals surface area contributed by atoms with E-state index in [0.29, 0.717) is 12.3 Å². The molecule has 1 aromatic carbocycles. The second-order valence-electron chi connectivity index (χ2n) is 7.09. The number of nitrogens with one attached hydrogen (secondary N) is 1. The second kappa shape index (κ2) is 6.41. The Morgan fingerprint density at radius 3 is 2.68 bits per heavy atom. The molecule has 2 fully saturated rings. The highest BCUT2D eigenvalue weighted by atomic mass is 16.3. The third-order valence-corrected chi connectivity index (χ3v) is 5.41. The summed E-state index contributed by atoms with van der Waals surface area (Å²) in [4.78, 5) is 13.1. The maximum atomic E-state index is 13.1. The van der Waals surface area contributed by atoms with E-state index in [1.807, 2.05) is 0 Å². The van der Waals surface area contributed by atoms with Gasteiger partial charge >= 0.3 is 0 Å². The van der Waals surface area contributed by atoms with Crippen LogP contribution in [-0.2, 0) is 10.2 Å². The lowest BCUT2D eigenvalue weighted by Crippen LogP contribution is -2.48. The predicted molar refractivity (Wildman–Crippen MR) is 87.7 cm³/mol. The molecule has 2 aliphatic rings. The van der Waals surface area contributed by atoms with Crippen LogP contribution in [0.5, 0.6) is 0 Å². The molecule has 3 heteroatoms. The van der Waals surface area contributed by atoms with E-state index in [1.165, 1.54) is 24.0 Å². The number of aliphatic hydroxyl groups excluding tert-OH is 1. The molecule has 0 spiro atoms. The average Bonchev–Trinajstić information content (AvgIpc) is 3.23. The van der Waals surface area contributed by atoms with Gasteiger partial charge in [0.25, 0.3) is 0 Å². The number of benzene rings is 1. The summed E-state index contributed by atoms with van der Waals surface area (Å²) in [6, 6.07) is 8.58. The van der Waals surface area contributed by atoms with Crippen molar-refractivity contribution >= 4 is 5.91 Å². The fourth-order valence-electron chi connectivity index (χ4n) is 3.94. The van der Waals surface area contributed by atoms with Crippen LogP contribution in [0.1, 0.15) is 56.1 Å². The van der Waals surface area contributed by atoms with Crippen LogP contribution in [0.15, 0.2) is 24.3 Å². The van der Waals surface area contributed by atoms with Crippen molar-refractivity contribution in [2.24, 2.45) is 5.92 Å². The van der Waals surface area contributed by atoms with E-state index in [2.05, 4.69) is 36.5 Å². The molecule has 0 radical (unpaired) electrons. The topological polar surface area (TPSA) is 49.3 Å². The van der Waals surface area contributed by atoms with Crippen molar-refractivity contribution in [1.82, 2.24) is 5.32 Å². The maximum Gasteiger partial charge on any atom is 0.230 e. The molecule has 1 amide bonds. The van der Waals surface area contributed by atoms with E-state index in [9.17, 15) is 9.90 Å². The molecule has 1 aromatic rings.